The highest BCUT2D eigenvalue weighted by Crippen LogP contribution is 2.16. The molecule has 1 saturated heterocycles. The highest BCUT2D eigenvalue weighted by molar-refractivity contribution is 5.93. The molecule has 0 radical (unpaired) electrons. The van der Waals surface area contributed by atoms with Crippen LogP contribution in [0.25, 0.3) is 0 Å². The molecule has 1 unspecified atom stereocenters. The van der Waals surface area contributed by atoms with Gasteiger partial charge in [0.2, 0.25) is 5.91 Å². The number of piperazine rings is 1. The van der Waals surface area contributed by atoms with Crippen LogP contribution in [0, 0.1) is 20.8 Å². The zero-order chi connectivity index (χ0) is 21.5. The average Bonchev–Trinajstić information content (AvgIpc) is 2.70. The quantitative estimate of drug-likeness (QED) is 0.699. The number of hydrogen-bond acceptors (Lipinski definition) is 5. The van der Waals surface area contributed by atoms with Crippen LogP contribution in [0.1, 0.15) is 16.7 Å². The molecule has 1 aliphatic heterocycles. The third kappa shape index (κ3) is 6.83. The van der Waals surface area contributed by atoms with Gasteiger partial charge < -0.3 is 15.2 Å². The zero-order valence-electron chi connectivity index (χ0n) is 18.2. The molecule has 0 saturated carbocycles. The summed E-state index contributed by atoms with van der Waals surface area (Å²) in [4.78, 5) is 16.8. The van der Waals surface area contributed by atoms with Crippen LogP contribution < -0.4 is 10.1 Å². The maximum absolute atomic E-state index is 12.4. The lowest BCUT2D eigenvalue weighted by Gasteiger charge is -2.35. The lowest BCUT2D eigenvalue weighted by molar-refractivity contribution is -0.117. The van der Waals surface area contributed by atoms with Gasteiger partial charge in [0, 0.05) is 38.4 Å². The van der Waals surface area contributed by atoms with E-state index < -0.39 is 6.10 Å². The molecule has 2 aromatic carbocycles. The van der Waals surface area contributed by atoms with E-state index in [9.17, 15) is 9.90 Å². The van der Waals surface area contributed by atoms with Gasteiger partial charge in [0.1, 0.15) is 18.5 Å². The lowest BCUT2D eigenvalue weighted by atomic mass is 10.1. The predicted molar refractivity (Wildman–Crippen MR) is 120 cm³/mol. The summed E-state index contributed by atoms with van der Waals surface area (Å²) in [6, 6.07) is 13.9. The fourth-order valence-electron chi connectivity index (χ4n) is 3.72. The van der Waals surface area contributed by atoms with E-state index in [0.29, 0.717) is 13.1 Å². The molecule has 1 heterocycles. The molecule has 2 aromatic rings. The second kappa shape index (κ2) is 10.6. The van der Waals surface area contributed by atoms with E-state index in [1.807, 2.05) is 57.2 Å². The molecule has 1 atom stereocenters. The smallest absolute Gasteiger partial charge is 0.238 e. The van der Waals surface area contributed by atoms with E-state index in [1.54, 1.807) is 0 Å². The van der Waals surface area contributed by atoms with Gasteiger partial charge in [-0.3, -0.25) is 14.6 Å². The summed E-state index contributed by atoms with van der Waals surface area (Å²) in [5, 5.41) is 13.3. The number of hydrogen-bond donors (Lipinski definition) is 2. The number of carbonyl (C=O) groups excluding carboxylic acids is 1. The van der Waals surface area contributed by atoms with Crippen molar-refractivity contribution in [2.45, 2.75) is 26.9 Å². The van der Waals surface area contributed by atoms with Crippen molar-refractivity contribution < 1.29 is 14.6 Å². The number of amides is 1. The van der Waals surface area contributed by atoms with Gasteiger partial charge in [0.15, 0.2) is 0 Å². The van der Waals surface area contributed by atoms with Gasteiger partial charge in [-0.15, -0.1) is 0 Å². The highest BCUT2D eigenvalue weighted by atomic mass is 16.5. The van der Waals surface area contributed by atoms with E-state index in [1.165, 1.54) is 5.56 Å². The zero-order valence-corrected chi connectivity index (χ0v) is 18.2. The Morgan fingerprint density at radius 3 is 2.43 bits per heavy atom. The van der Waals surface area contributed by atoms with E-state index in [-0.39, 0.29) is 12.5 Å². The molecule has 0 spiro atoms. The summed E-state index contributed by atoms with van der Waals surface area (Å²) < 4.78 is 5.70. The van der Waals surface area contributed by atoms with Crippen LogP contribution in [-0.4, -0.2) is 72.8 Å². The summed E-state index contributed by atoms with van der Waals surface area (Å²) in [6.45, 7) is 10.6. The molecule has 0 aliphatic carbocycles. The fourth-order valence-corrected chi connectivity index (χ4v) is 3.72. The third-order valence-corrected chi connectivity index (χ3v) is 5.39. The number of anilines is 1. The first kappa shape index (κ1) is 22.3. The predicted octanol–water partition coefficient (Wildman–Crippen LogP) is 2.61. The van der Waals surface area contributed by atoms with Gasteiger partial charge in [-0.1, -0.05) is 29.8 Å². The Balaban J connectivity index is 1.36. The summed E-state index contributed by atoms with van der Waals surface area (Å²) >= 11 is 0. The molecule has 3 rings (SSSR count). The van der Waals surface area contributed by atoms with Crippen molar-refractivity contribution in [3.8, 4) is 5.75 Å². The Kier molecular flexibility index (Phi) is 7.85. The third-order valence-electron chi connectivity index (χ3n) is 5.39. The number of rotatable bonds is 8. The number of nitrogens with zero attached hydrogens (tertiary/aromatic N) is 2. The van der Waals surface area contributed by atoms with Gasteiger partial charge in [0.05, 0.1) is 6.54 Å². The summed E-state index contributed by atoms with van der Waals surface area (Å²) in [7, 11) is 0. The minimum Gasteiger partial charge on any atom is -0.491 e. The normalized spacial score (nSPS) is 16.3. The van der Waals surface area contributed by atoms with Crippen LogP contribution >= 0.6 is 0 Å². The fraction of sp³-hybridized carbons (Fsp3) is 0.458. The number of β-amino-alcohol motifs (C(OH)–C–C–N with tert-alkyl or cyclic N) is 1. The van der Waals surface area contributed by atoms with Gasteiger partial charge in [-0.05, 0) is 50.1 Å². The monoisotopic (exact) mass is 411 g/mol. The van der Waals surface area contributed by atoms with Crippen LogP contribution in [0.5, 0.6) is 5.75 Å². The Morgan fingerprint density at radius 1 is 1.03 bits per heavy atom. The lowest BCUT2D eigenvalue weighted by Crippen LogP contribution is -2.50. The van der Waals surface area contributed by atoms with Crippen LogP contribution in [-0.2, 0) is 4.79 Å². The number of ether oxygens (including phenoxy) is 1. The first-order valence-corrected chi connectivity index (χ1v) is 10.6. The number of aliphatic hydroxyl groups excluding tert-OH is 1. The first-order valence-electron chi connectivity index (χ1n) is 10.6. The molecule has 1 fully saturated rings. The summed E-state index contributed by atoms with van der Waals surface area (Å²) in [5.74, 6) is 0.802. The first-order chi connectivity index (χ1) is 14.4. The Bertz CT molecular complexity index is 847. The molecule has 1 aliphatic rings. The van der Waals surface area contributed by atoms with Crippen LogP contribution in [0.2, 0.25) is 0 Å². The van der Waals surface area contributed by atoms with Crippen molar-refractivity contribution in [3.05, 3.63) is 59.2 Å². The van der Waals surface area contributed by atoms with Crippen molar-refractivity contribution in [2.24, 2.45) is 0 Å². The average molecular weight is 412 g/mol. The molecule has 162 valence electrons. The Labute approximate surface area is 179 Å². The highest BCUT2D eigenvalue weighted by Gasteiger charge is 2.21. The SMILES string of the molecule is Cc1cccc(OCC(O)CN2CCN(CC(=O)Nc3ccc(C)cc3C)CC2)c1. The minimum absolute atomic E-state index is 0.0157. The van der Waals surface area contributed by atoms with Crippen LogP contribution in [0.3, 0.4) is 0 Å². The summed E-state index contributed by atoms with van der Waals surface area (Å²) in [5.41, 5.74) is 4.28. The van der Waals surface area contributed by atoms with Crippen molar-refractivity contribution in [2.75, 3.05) is 51.2 Å². The number of benzene rings is 2. The Morgan fingerprint density at radius 2 is 1.73 bits per heavy atom. The second-order valence-corrected chi connectivity index (χ2v) is 8.22. The molecule has 2 N–H and O–H groups in total. The van der Waals surface area contributed by atoms with E-state index in [4.69, 9.17) is 4.74 Å². The summed E-state index contributed by atoms with van der Waals surface area (Å²) in [6.07, 6.45) is -0.537. The standard InChI is InChI=1S/C24H33N3O3/c1-18-5-4-6-22(14-18)30-17-21(28)15-26-9-11-27(12-10-26)16-24(29)25-23-8-7-19(2)13-20(23)3/h4-8,13-14,21,28H,9-12,15-17H2,1-3H3,(H,25,29). The largest absolute Gasteiger partial charge is 0.491 e. The van der Waals surface area contributed by atoms with Gasteiger partial charge in [-0.25, -0.2) is 0 Å². The molecule has 30 heavy (non-hydrogen) atoms. The maximum Gasteiger partial charge on any atom is 0.238 e. The number of aryl methyl sites for hydroxylation is 3. The van der Waals surface area contributed by atoms with Gasteiger partial charge >= 0.3 is 0 Å². The van der Waals surface area contributed by atoms with Crippen molar-refractivity contribution in [1.29, 1.82) is 0 Å². The van der Waals surface area contributed by atoms with E-state index >= 15 is 0 Å². The Hall–Kier alpha value is -2.41. The number of aliphatic hydroxyl groups is 1. The molecule has 0 aromatic heterocycles. The van der Waals surface area contributed by atoms with E-state index in [2.05, 4.69) is 21.2 Å². The van der Waals surface area contributed by atoms with Crippen LogP contribution in [0.15, 0.2) is 42.5 Å². The maximum atomic E-state index is 12.4. The molecular formula is C24H33N3O3. The second-order valence-electron chi connectivity index (χ2n) is 8.22. The molecule has 6 nitrogen and oxygen atoms in total. The molecule has 1 amide bonds. The topological polar surface area (TPSA) is 65.0 Å². The molecular weight excluding hydrogens is 378 g/mol. The minimum atomic E-state index is -0.537. The van der Waals surface area contributed by atoms with Gasteiger partial charge in [-0.2, -0.15) is 0 Å². The number of carbonyl (C=O) groups is 1. The molecule has 6 heteroatoms. The van der Waals surface area contributed by atoms with Gasteiger partial charge in [0.25, 0.3) is 0 Å². The van der Waals surface area contributed by atoms with Crippen molar-refractivity contribution >= 4 is 11.6 Å². The number of nitrogens with one attached hydrogen (secondary N) is 1. The van der Waals surface area contributed by atoms with Crippen molar-refractivity contribution in [3.63, 3.8) is 0 Å². The van der Waals surface area contributed by atoms with E-state index in [0.717, 1.165) is 48.7 Å². The van der Waals surface area contributed by atoms with Crippen molar-refractivity contribution in [1.82, 2.24) is 9.80 Å². The molecule has 0 bridgehead atoms. The van der Waals surface area contributed by atoms with Crippen LogP contribution in [0.4, 0.5) is 5.69 Å².